The molecule has 0 aliphatic carbocycles. The van der Waals surface area contributed by atoms with E-state index in [0.717, 1.165) is 12.7 Å². The van der Waals surface area contributed by atoms with Crippen molar-refractivity contribution < 1.29 is 13.2 Å². The number of rotatable bonds is 5. The van der Waals surface area contributed by atoms with E-state index in [1.54, 1.807) is 12.1 Å². The molecule has 0 saturated heterocycles. The van der Waals surface area contributed by atoms with E-state index in [2.05, 4.69) is 5.32 Å². The summed E-state index contributed by atoms with van der Waals surface area (Å²) in [7, 11) is -3.30. The van der Waals surface area contributed by atoms with Crippen molar-refractivity contribution in [3.05, 3.63) is 29.8 Å². The third-order valence-electron chi connectivity index (χ3n) is 2.64. The third-order valence-corrected chi connectivity index (χ3v) is 3.75. The van der Waals surface area contributed by atoms with Crippen molar-refractivity contribution in [3.63, 3.8) is 0 Å². The van der Waals surface area contributed by atoms with Crippen LogP contribution in [0.4, 0.5) is 0 Å². The monoisotopic (exact) mass is 270 g/mol. The molecule has 0 bridgehead atoms. The predicted octanol–water partition coefficient (Wildman–Crippen LogP) is 0.557. The topological polar surface area (TPSA) is 89.3 Å². The molecule has 0 spiro atoms. The number of hydrogen-bond donors (Lipinski definition) is 2. The minimum Gasteiger partial charge on any atom is -0.348 e. The zero-order chi connectivity index (χ0) is 13.8. The van der Waals surface area contributed by atoms with Gasteiger partial charge in [-0.3, -0.25) is 4.79 Å². The van der Waals surface area contributed by atoms with Crippen molar-refractivity contribution in [1.82, 2.24) is 5.32 Å². The van der Waals surface area contributed by atoms with E-state index in [1.807, 2.05) is 6.92 Å². The SMILES string of the molecule is CCC(CN)NC(=O)c1cccc(S(C)(=O)=O)c1. The number of nitrogens with two attached hydrogens (primary N) is 1. The van der Waals surface area contributed by atoms with Crippen molar-refractivity contribution in [1.29, 1.82) is 0 Å². The van der Waals surface area contributed by atoms with E-state index in [0.29, 0.717) is 12.1 Å². The average Bonchev–Trinajstić information content (AvgIpc) is 2.34. The minimum atomic E-state index is -3.30. The van der Waals surface area contributed by atoms with Gasteiger partial charge >= 0.3 is 0 Å². The van der Waals surface area contributed by atoms with Gasteiger partial charge in [0.05, 0.1) is 4.90 Å². The first-order valence-electron chi connectivity index (χ1n) is 5.69. The molecule has 0 aliphatic rings. The molecule has 0 radical (unpaired) electrons. The van der Waals surface area contributed by atoms with Gasteiger partial charge in [-0.15, -0.1) is 0 Å². The van der Waals surface area contributed by atoms with E-state index in [9.17, 15) is 13.2 Å². The Morgan fingerprint density at radius 1 is 1.44 bits per heavy atom. The zero-order valence-electron chi connectivity index (χ0n) is 10.5. The second-order valence-electron chi connectivity index (χ2n) is 4.11. The lowest BCUT2D eigenvalue weighted by atomic mass is 10.1. The Morgan fingerprint density at radius 2 is 2.11 bits per heavy atom. The summed E-state index contributed by atoms with van der Waals surface area (Å²) < 4.78 is 22.8. The number of benzene rings is 1. The molecule has 100 valence electrons. The molecule has 1 aromatic carbocycles. The predicted molar refractivity (Wildman–Crippen MR) is 70.2 cm³/mol. The van der Waals surface area contributed by atoms with Crippen molar-refractivity contribution >= 4 is 15.7 Å². The fourth-order valence-electron chi connectivity index (χ4n) is 1.46. The van der Waals surface area contributed by atoms with Crippen LogP contribution in [-0.2, 0) is 9.84 Å². The lowest BCUT2D eigenvalue weighted by Crippen LogP contribution is -2.39. The molecule has 0 saturated carbocycles. The van der Waals surface area contributed by atoms with E-state index < -0.39 is 9.84 Å². The molecule has 0 heterocycles. The molecule has 0 fully saturated rings. The molecule has 5 nitrogen and oxygen atoms in total. The smallest absolute Gasteiger partial charge is 0.251 e. The van der Waals surface area contributed by atoms with Crippen LogP contribution >= 0.6 is 0 Å². The summed E-state index contributed by atoms with van der Waals surface area (Å²) in [5.74, 6) is -0.308. The molecular weight excluding hydrogens is 252 g/mol. The maximum atomic E-state index is 11.9. The molecule has 1 unspecified atom stereocenters. The highest BCUT2D eigenvalue weighted by Crippen LogP contribution is 2.11. The largest absolute Gasteiger partial charge is 0.348 e. The Hall–Kier alpha value is -1.40. The lowest BCUT2D eigenvalue weighted by molar-refractivity contribution is 0.0937. The second kappa shape index (κ2) is 5.97. The summed E-state index contributed by atoms with van der Waals surface area (Å²) in [6, 6.07) is 5.86. The molecule has 18 heavy (non-hydrogen) atoms. The third kappa shape index (κ3) is 3.82. The Kier molecular flexibility index (Phi) is 4.86. The fourth-order valence-corrected chi connectivity index (χ4v) is 2.13. The quantitative estimate of drug-likeness (QED) is 0.818. The van der Waals surface area contributed by atoms with E-state index >= 15 is 0 Å². The Bertz CT molecular complexity index is 522. The summed E-state index contributed by atoms with van der Waals surface area (Å²) in [6.45, 7) is 2.28. The van der Waals surface area contributed by atoms with Crippen LogP contribution in [0.25, 0.3) is 0 Å². The maximum absolute atomic E-state index is 11.9. The van der Waals surface area contributed by atoms with Gasteiger partial charge in [-0.2, -0.15) is 0 Å². The molecule has 1 atom stereocenters. The molecule has 0 aliphatic heterocycles. The zero-order valence-corrected chi connectivity index (χ0v) is 11.3. The number of sulfone groups is 1. The van der Waals surface area contributed by atoms with Gasteiger partial charge in [-0.25, -0.2) is 8.42 Å². The van der Waals surface area contributed by atoms with Gasteiger partial charge in [-0.05, 0) is 24.6 Å². The van der Waals surface area contributed by atoms with Crippen LogP contribution in [0.5, 0.6) is 0 Å². The van der Waals surface area contributed by atoms with Gasteiger partial charge in [0.1, 0.15) is 0 Å². The Morgan fingerprint density at radius 3 is 2.61 bits per heavy atom. The van der Waals surface area contributed by atoms with Crippen LogP contribution in [0.15, 0.2) is 29.2 Å². The molecule has 6 heteroatoms. The molecule has 3 N–H and O–H groups in total. The number of amides is 1. The van der Waals surface area contributed by atoms with E-state index in [-0.39, 0.29) is 16.8 Å². The van der Waals surface area contributed by atoms with Gasteiger partial charge in [-0.1, -0.05) is 13.0 Å². The van der Waals surface area contributed by atoms with Crippen molar-refractivity contribution in [2.45, 2.75) is 24.3 Å². The van der Waals surface area contributed by atoms with Crippen molar-refractivity contribution in [2.75, 3.05) is 12.8 Å². The summed E-state index contributed by atoms with van der Waals surface area (Å²) in [6.07, 6.45) is 1.84. The molecule has 1 aromatic rings. The van der Waals surface area contributed by atoms with Crippen LogP contribution in [0.3, 0.4) is 0 Å². The van der Waals surface area contributed by atoms with Gasteiger partial charge in [0.15, 0.2) is 9.84 Å². The van der Waals surface area contributed by atoms with Gasteiger partial charge in [0.2, 0.25) is 0 Å². The molecule has 0 aromatic heterocycles. The summed E-state index contributed by atoms with van der Waals surface area (Å²) in [5, 5.41) is 2.75. The number of hydrogen-bond acceptors (Lipinski definition) is 4. The summed E-state index contributed by atoms with van der Waals surface area (Å²) >= 11 is 0. The fraction of sp³-hybridized carbons (Fsp3) is 0.417. The van der Waals surface area contributed by atoms with Crippen LogP contribution in [0.2, 0.25) is 0 Å². The highest BCUT2D eigenvalue weighted by molar-refractivity contribution is 7.90. The van der Waals surface area contributed by atoms with E-state index in [4.69, 9.17) is 5.73 Å². The normalized spacial score (nSPS) is 13.1. The molecule has 1 amide bonds. The summed E-state index contributed by atoms with van der Waals surface area (Å²) in [5.41, 5.74) is 5.82. The Labute approximate surface area is 107 Å². The second-order valence-corrected chi connectivity index (χ2v) is 6.13. The summed E-state index contributed by atoms with van der Waals surface area (Å²) in [4.78, 5) is 12.0. The maximum Gasteiger partial charge on any atom is 0.251 e. The molecular formula is C12H18N2O3S. The number of nitrogens with one attached hydrogen (secondary N) is 1. The van der Waals surface area contributed by atoms with Gasteiger partial charge in [0, 0.05) is 24.4 Å². The molecule has 1 rings (SSSR count). The van der Waals surface area contributed by atoms with E-state index in [1.165, 1.54) is 12.1 Å². The van der Waals surface area contributed by atoms with Crippen LogP contribution in [0.1, 0.15) is 23.7 Å². The van der Waals surface area contributed by atoms with Crippen LogP contribution in [0, 0.1) is 0 Å². The first-order valence-corrected chi connectivity index (χ1v) is 7.58. The highest BCUT2D eigenvalue weighted by Gasteiger charge is 2.13. The standard InChI is InChI=1S/C12H18N2O3S/c1-3-10(8-13)14-12(15)9-5-4-6-11(7-9)18(2,16)17/h4-7,10H,3,8,13H2,1-2H3,(H,14,15). The van der Waals surface area contributed by atoms with Crippen LogP contribution in [-0.4, -0.2) is 33.2 Å². The van der Waals surface area contributed by atoms with Crippen LogP contribution < -0.4 is 11.1 Å². The van der Waals surface area contributed by atoms with Crippen molar-refractivity contribution in [2.24, 2.45) is 5.73 Å². The number of carbonyl (C=O) groups excluding carboxylic acids is 1. The van der Waals surface area contributed by atoms with Gasteiger partial charge < -0.3 is 11.1 Å². The Balaban J connectivity index is 2.94. The first-order chi connectivity index (χ1) is 8.38. The minimum absolute atomic E-state index is 0.0978. The first kappa shape index (κ1) is 14.7. The highest BCUT2D eigenvalue weighted by atomic mass is 32.2. The number of carbonyl (C=O) groups is 1. The van der Waals surface area contributed by atoms with Crippen molar-refractivity contribution in [3.8, 4) is 0 Å². The average molecular weight is 270 g/mol. The lowest BCUT2D eigenvalue weighted by Gasteiger charge is -2.14. The van der Waals surface area contributed by atoms with Gasteiger partial charge in [0.25, 0.3) is 5.91 Å².